The summed E-state index contributed by atoms with van der Waals surface area (Å²) in [6, 6.07) is 4.75. The second kappa shape index (κ2) is 9.63. The Bertz CT molecular complexity index is 473. The zero-order valence-electron chi connectivity index (χ0n) is 14.7. The first-order chi connectivity index (χ1) is 10.0. The molecule has 0 aliphatic rings. The first-order valence-corrected chi connectivity index (χ1v) is 10.2. The van der Waals surface area contributed by atoms with Gasteiger partial charge in [0.2, 0.25) is 0 Å². The van der Waals surface area contributed by atoms with Crippen molar-refractivity contribution in [3.63, 3.8) is 0 Å². The van der Waals surface area contributed by atoms with Crippen molar-refractivity contribution in [1.82, 2.24) is 0 Å². The summed E-state index contributed by atoms with van der Waals surface area (Å²) in [6.07, 6.45) is 6.81. The average molecular weight is 325 g/mol. The van der Waals surface area contributed by atoms with Crippen molar-refractivity contribution in [3.8, 4) is 0 Å². The fourth-order valence-corrected chi connectivity index (χ4v) is 4.89. The third kappa shape index (κ3) is 6.52. The number of thiophene rings is 2. The molecule has 0 aliphatic carbocycles. The molecule has 1 atom stereocenters. The third-order valence-electron chi connectivity index (χ3n) is 3.74. The van der Waals surface area contributed by atoms with Gasteiger partial charge in [-0.15, -0.1) is 22.7 Å². The van der Waals surface area contributed by atoms with Gasteiger partial charge in [-0.25, -0.2) is 0 Å². The largest absolute Gasteiger partial charge is 0.140 e. The van der Waals surface area contributed by atoms with Crippen molar-refractivity contribution in [2.45, 2.75) is 73.6 Å². The first kappa shape index (κ1) is 18.7. The molecule has 0 saturated carbocycles. The maximum absolute atomic E-state index is 2.42. The van der Waals surface area contributed by atoms with Crippen LogP contribution in [0.3, 0.4) is 0 Å². The van der Waals surface area contributed by atoms with Crippen LogP contribution in [0.15, 0.2) is 12.1 Å². The van der Waals surface area contributed by atoms with Gasteiger partial charge >= 0.3 is 0 Å². The van der Waals surface area contributed by atoms with E-state index in [4.69, 9.17) is 0 Å². The Morgan fingerprint density at radius 1 is 0.905 bits per heavy atom. The highest BCUT2D eigenvalue weighted by molar-refractivity contribution is 7.27. The van der Waals surface area contributed by atoms with E-state index >= 15 is 0 Å². The summed E-state index contributed by atoms with van der Waals surface area (Å²) in [7, 11) is 0. The molecule has 120 valence electrons. The van der Waals surface area contributed by atoms with Crippen LogP contribution in [0.2, 0.25) is 0 Å². The molecular weight excluding hydrogens is 292 g/mol. The monoisotopic (exact) mass is 324 g/mol. The van der Waals surface area contributed by atoms with Crippen molar-refractivity contribution in [3.05, 3.63) is 21.9 Å². The third-order valence-corrected chi connectivity index (χ3v) is 6.01. The van der Waals surface area contributed by atoms with E-state index in [1.165, 1.54) is 46.4 Å². The van der Waals surface area contributed by atoms with Crippen molar-refractivity contribution in [1.29, 1.82) is 0 Å². The summed E-state index contributed by atoms with van der Waals surface area (Å²) in [5.41, 5.74) is 0. The van der Waals surface area contributed by atoms with Gasteiger partial charge in [0.15, 0.2) is 0 Å². The highest BCUT2D eigenvalue weighted by Gasteiger charge is 2.08. The van der Waals surface area contributed by atoms with Gasteiger partial charge in [-0.2, -0.15) is 0 Å². The highest BCUT2D eigenvalue weighted by Crippen LogP contribution is 2.33. The maximum atomic E-state index is 2.42. The van der Waals surface area contributed by atoms with Crippen LogP contribution in [-0.2, 0) is 6.42 Å². The van der Waals surface area contributed by atoms with E-state index in [-0.39, 0.29) is 0 Å². The SMILES string of the molecule is CC.Cc1cc2sc(CCC(C)CCCC(C)C)cc2s1. The van der Waals surface area contributed by atoms with Crippen LogP contribution in [0.5, 0.6) is 0 Å². The zero-order chi connectivity index (χ0) is 15.8. The Hall–Kier alpha value is -0.340. The summed E-state index contributed by atoms with van der Waals surface area (Å²) in [4.78, 5) is 3.02. The molecule has 2 heteroatoms. The summed E-state index contributed by atoms with van der Waals surface area (Å²) in [5.74, 6) is 1.74. The van der Waals surface area contributed by atoms with E-state index < -0.39 is 0 Å². The molecule has 0 bridgehead atoms. The minimum Gasteiger partial charge on any atom is -0.140 e. The Morgan fingerprint density at radius 2 is 1.57 bits per heavy atom. The number of rotatable bonds is 7. The summed E-state index contributed by atoms with van der Waals surface area (Å²) in [6.45, 7) is 13.3. The number of aryl methyl sites for hydroxylation is 2. The lowest BCUT2D eigenvalue weighted by Crippen LogP contribution is -1.98. The average Bonchev–Trinajstić information content (AvgIpc) is 2.95. The fraction of sp³-hybridized carbons (Fsp3) is 0.684. The minimum atomic E-state index is 0.861. The van der Waals surface area contributed by atoms with E-state index in [1.807, 2.05) is 36.5 Å². The maximum Gasteiger partial charge on any atom is 0.0456 e. The lowest BCUT2D eigenvalue weighted by molar-refractivity contribution is 0.438. The van der Waals surface area contributed by atoms with Crippen LogP contribution in [0.25, 0.3) is 9.40 Å². The molecule has 0 fully saturated rings. The van der Waals surface area contributed by atoms with Gasteiger partial charge in [0, 0.05) is 19.2 Å². The van der Waals surface area contributed by atoms with Crippen LogP contribution >= 0.6 is 22.7 Å². The van der Waals surface area contributed by atoms with Gasteiger partial charge in [0.25, 0.3) is 0 Å². The normalized spacial score (nSPS) is 12.5. The van der Waals surface area contributed by atoms with Crippen LogP contribution in [0, 0.1) is 18.8 Å². The molecule has 21 heavy (non-hydrogen) atoms. The van der Waals surface area contributed by atoms with Gasteiger partial charge in [-0.1, -0.05) is 53.9 Å². The molecule has 0 saturated heterocycles. The predicted octanol–water partition coefficient (Wildman–Crippen LogP) is 7.69. The fourth-order valence-electron chi connectivity index (χ4n) is 2.54. The minimum absolute atomic E-state index is 0.861. The lowest BCUT2D eigenvalue weighted by Gasteiger charge is -2.11. The number of fused-ring (bicyclic) bond motifs is 1. The van der Waals surface area contributed by atoms with Crippen LogP contribution in [0.4, 0.5) is 0 Å². The smallest absolute Gasteiger partial charge is 0.0456 e. The van der Waals surface area contributed by atoms with Crippen molar-refractivity contribution < 1.29 is 0 Å². The standard InChI is InChI=1S/C17H26S2.C2H6/c1-12(2)6-5-7-13(3)8-9-15-11-17-16(19-15)10-14(4)18-17;1-2/h10-13H,5-9H2,1-4H3;1-2H3. The molecule has 0 spiro atoms. The van der Waals surface area contributed by atoms with Crippen molar-refractivity contribution in [2.24, 2.45) is 11.8 Å². The van der Waals surface area contributed by atoms with Crippen molar-refractivity contribution >= 4 is 32.1 Å². The Kier molecular flexibility index (Phi) is 8.58. The zero-order valence-corrected chi connectivity index (χ0v) is 16.3. The predicted molar refractivity (Wildman–Crippen MR) is 102 cm³/mol. The summed E-state index contributed by atoms with van der Waals surface area (Å²) >= 11 is 3.93. The molecule has 0 amide bonds. The Labute approximate surface area is 139 Å². The number of hydrogen-bond acceptors (Lipinski definition) is 2. The van der Waals surface area contributed by atoms with Crippen LogP contribution in [0.1, 0.15) is 70.1 Å². The topological polar surface area (TPSA) is 0 Å². The van der Waals surface area contributed by atoms with Gasteiger partial charge < -0.3 is 0 Å². The van der Waals surface area contributed by atoms with E-state index in [2.05, 4.69) is 39.8 Å². The second-order valence-electron chi connectivity index (χ2n) is 6.27. The van der Waals surface area contributed by atoms with E-state index in [9.17, 15) is 0 Å². The Morgan fingerprint density at radius 3 is 2.19 bits per heavy atom. The Balaban J connectivity index is 0.00000106. The first-order valence-electron chi connectivity index (χ1n) is 8.53. The molecule has 0 N–H and O–H groups in total. The van der Waals surface area contributed by atoms with E-state index in [0.717, 1.165) is 11.8 Å². The molecular formula is C19H32S2. The second-order valence-corrected chi connectivity index (χ2v) is 8.72. The summed E-state index contributed by atoms with van der Waals surface area (Å²) < 4.78 is 2.98. The van der Waals surface area contributed by atoms with E-state index in [1.54, 1.807) is 4.88 Å². The van der Waals surface area contributed by atoms with Crippen LogP contribution < -0.4 is 0 Å². The number of hydrogen-bond donors (Lipinski definition) is 0. The molecule has 2 rings (SSSR count). The molecule has 2 aromatic rings. The van der Waals surface area contributed by atoms with Gasteiger partial charge in [0.05, 0.1) is 0 Å². The molecule has 0 aromatic carbocycles. The molecule has 0 aliphatic heterocycles. The molecule has 0 nitrogen and oxygen atoms in total. The lowest BCUT2D eigenvalue weighted by atomic mass is 9.96. The molecule has 2 heterocycles. The molecule has 2 aromatic heterocycles. The van der Waals surface area contributed by atoms with Gasteiger partial charge in [0.1, 0.15) is 0 Å². The van der Waals surface area contributed by atoms with Gasteiger partial charge in [-0.3, -0.25) is 0 Å². The van der Waals surface area contributed by atoms with E-state index in [0.29, 0.717) is 0 Å². The van der Waals surface area contributed by atoms with Gasteiger partial charge in [-0.05, 0) is 43.7 Å². The molecule has 1 unspecified atom stereocenters. The van der Waals surface area contributed by atoms with Crippen LogP contribution in [-0.4, -0.2) is 0 Å². The molecule has 0 radical (unpaired) electrons. The van der Waals surface area contributed by atoms with Crippen molar-refractivity contribution in [2.75, 3.05) is 0 Å². The highest BCUT2D eigenvalue weighted by atomic mass is 32.1. The quantitative estimate of drug-likeness (QED) is 0.489. The summed E-state index contributed by atoms with van der Waals surface area (Å²) in [5, 5.41) is 0.